The molecular weight excluding hydrogens is 845 g/mol. The molecule has 0 saturated heterocycles. The fourth-order valence-electron chi connectivity index (χ4n) is 10.2. The molecule has 0 amide bonds. The number of nitrogens with zero attached hydrogens (tertiary/aromatic N) is 4. The van der Waals surface area contributed by atoms with E-state index in [0.29, 0.717) is 17.5 Å². The second kappa shape index (κ2) is 15.6. The first-order chi connectivity index (χ1) is 34.2. The summed E-state index contributed by atoms with van der Waals surface area (Å²) in [4.78, 5) is 15.1. The van der Waals surface area contributed by atoms with Gasteiger partial charge in [0.25, 0.3) is 0 Å². The molecule has 0 radical (unpaired) electrons. The van der Waals surface area contributed by atoms with Crippen LogP contribution in [0.25, 0.3) is 139 Å². The van der Waals surface area contributed by atoms with Gasteiger partial charge in [0.2, 0.25) is 0 Å². The van der Waals surface area contributed by atoms with Crippen molar-refractivity contribution < 1.29 is 8.83 Å². The Kier molecular flexibility index (Phi) is 8.79. The van der Waals surface area contributed by atoms with Crippen molar-refractivity contribution >= 4 is 65.7 Å². The number of rotatable bonds is 7. The highest BCUT2D eigenvalue weighted by Gasteiger charge is 2.21. The van der Waals surface area contributed by atoms with Gasteiger partial charge in [-0.2, -0.15) is 0 Å². The second-order valence-electron chi connectivity index (χ2n) is 17.5. The van der Waals surface area contributed by atoms with Crippen LogP contribution in [0.15, 0.2) is 239 Å². The lowest BCUT2D eigenvalue weighted by Crippen LogP contribution is -2.00. The molecule has 0 N–H and O–H groups in total. The van der Waals surface area contributed by atoms with E-state index in [1.165, 1.54) is 21.9 Å². The molecule has 6 nitrogen and oxygen atoms in total. The minimum absolute atomic E-state index is 0.593. The van der Waals surface area contributed by atoms with Gasteiger partial charge in [-0.25, -0.2) is 15.0 Å². The van der Waals surface area contributed by atoms with E-state index >= 15 is 0 Å². The molecule has 4 heterocycles. The number of aromatic nitrogens is 4. The van der Waals surface area contributed by atoms with Gasteiger partial charge in [-0.05, 0) is 100 Å². The van der Waals surface area contributed by atoms with Crippen molar-refractivity contribution in [2.75, 3.05) is 0 Å². The van der Waals surface area contributed by atoms with Gasteiger partial charge in [-0.1, -0.05) is 164 Å². The molecule has 14 aromatic rings. The quantitative estimate of drug-likeness (QED) is 0.159. The molecule has 10 aromatic carbocycles. The first-order valence-electron chi connectivity index (χ1n) is 23.2. The molecule has 0 aliphatic carbocycles. The zero-order valence-corrected chi connectivity index (χ0v) is 37.0. The van der Waals surface area contributed by atoms with Gasteiger partial charge in [-0.3, -0.25) is 0 Å². The predicted octanol–water partition coefficient (Wildman–Crippen LogP) is 16.8. The monoisotopic (exact) mass is 882 g/mol. The molecule has 0 atom stereocenters. The summed E-state index contributed by atoms with van der Waals surface area (Å²) in [7, 11) is 0. The molecule has 4 aromatic heterocycles. The topological polar surface area (TPSA) is 69.9 Å². The first kappa shape index (κ1) is 38.8. The smallest absolute Gasteiger partial charge is 0.164 e. The lowest BCUT2D eigenvalue weighted by molar-refractivity contribution is 0.669. The Labute approximate surface area is 396 Å². The van der Waals surface area contributed by atoms with E-state index < -0.39 is 0 Å². The Hall–Kier alpha value is -9.39. The maximum absolute atomic E-state index is 6.86. The van der Waals surface area contributed by atoms with E-state index in [4.69, 9.17) is 23.8 Å². The lowest BCUT2D eigenvalue weighted by Gasteiger charge is -2.13. The fraction of sp³-hybridized carbons (Fsp3) is 0. The molecule has 6 heteroatoms. The Balaban J connectivity index is 0.939. The first-order valence-corrected chi connectivity index (χ1v) is 23.2. The zero-order chi connectivity index (χ0) is 45.4. The Morgan fingerprint density at radius 2 is 0.812 bits per heavy atom. The summed E-state index contributed by atoms with van der Waals surface area (Å²) < 4.78 is 15.8. The number of para-hydroxylation sites is 2. The maximum Gasteiger partial charge on any atom is 0.164 e. The number of fused-ring (bicyclic) bond motifs is 9. The van der Waals surface area contributed by atoms with Crippen LogP contribution in [0.3, 0.4) is 0 Å². The third-order valence-corrected chi connectivity index (χ3v) is 13.5. The van der Waals surface area contributed by atoms with E-state index in [1.54, 1.807) is 0 Å². The number of hydrogen-bond acceptors (Lipinski definition) is 5. The predicted molar refractivity (Wildman–Crippen MR) is 281 cm³/mol. The van der Waals surface area contributed by atoms with Crippen LogP contribution in [-0.4, -0.2) is 19.5 Å². The van der Waals surface area contributed by atoms with Gasteiger partial charge >= 0.3 is 0 Å². The largest absolute Gasteiger partial charge is 0.456 e. The molecule has 322 valence electrons. The van der Waals surface area contributed by atoms with E-state index in [9.17, 15) is 0 Å². The van der Waals surface area contributed by atoms with Gasteiger partial charge in [0.1, 0.15) is 22.3 Å². The summed E-state index contributed by atoms with van der Waals surface area (Å²) in [5.41, 5.74) is 15.9. The summed E-state index contributed by atoms with van der Waals surface area (Å²) >= 11 is 0. The third-order valence-electron chi connectivity index (χ3n) is 13.5. The average Bonchev–Trinajstić information content (AvgIpc) is 4.10. The fourth-order valence-corrected chi connectivity index (χ4v) is 10.2. The van der Waals surface area contributed by atoms with Crippen molar-refractivity contribution in [2.45, 2.75) is 0 Å². The van der Waals surface area contributed by atoms with Crippen LogP contribution < -0.4 is 0 Å². The standard InChI is InChI=1S/C63H38N4O2/c1-4-16-39(17-5-1)42-31-33-54-51(35-42)46-24-10-12-26-53(46)67(54)55-27-15-29-57-60(55)48-32-30-44(36-58(48)69-57)49-37-52-47-25-11-13-28-56(47)68-59(52)38-50(49)43-22-14-23-45(34-43)63-65-61(40-18-6-2-7-19-40)64-62(66-63)41-20-8-3-9-21-41/h1-38H. The average molecular weight is 883 g/mol. The molecule has 0 aliphatic rings. The highest BCUT2D eigenvalue weighted by molar-refractivity contribution is 6.16. The van der Waals surface area contributed by atoms with Crippen LogP contribution in [0.4, 0.5) is 0 Å². The van der Waals surface area contributed by atoms with E-state index in [1.807, 2.05) is 72.8 Å². The van der Waals surface area contributed by atoms with Gasteiger partial charge in [0.05, 0.1) is 22.1 Å². The number of hydrogen-bond donors (Lipinski definition) is 0. The molecule has 0 saturated carbocycles. The zero-order valence-electron chi connectivity index (χ0n) is 37.0. The normalized spacial score (nSPS) is 11.8. The highest BCUT2D eigenvalue weighted by Crippen LogP contribution is 2.44. The van der Waals surface area contributed by atoms with Crippen LogP contribution in [0.1, 0.15) is 0 Å². The minimum Gasteiger partial charge on any atom is -0.456 e. The molecule has 14 rings (SSSR count). The van der Waals surface area contributed by atoms with Gasteiger partial charge < -0.3 is 13.4 Å². The lowest BCUT2D eigenvalue weighted by atomic mass is 9.91. The van der Waals surface area contributed by atoms with E-state index in [2.05, 4.69) is 162 Å². The van der Waals surface area contributed by atoms with E-state index in [0.717, 1.165) is 99.5 Å². The minimum atomic E-state index is 0.593. The molecule has 0 fully saturated rings. The molecule has 69 heavy (non-hydrogen) atoms. The third kappa shape index (κ3) is 6.45. The summed E-state index contributed by atoms with van der Waals surface area (Å²) in [6.45, 7) is 0. The van der Waals surface area contributed by atoms with Crippen LogP contribution in [0, 0.1) is 0 Å². The Morgan fingerprint density at radius 3 is 1.58 bits per heavy atom. The second-order valence-corrected chi connectivity index (χ2v) is 17.5. The summed E-state index contributed by atoms with van der Waals surface area (Å²) in [6.07, 6.45) is 0. The molecule has 0 bridgehead atoms. The van der Waals surface area contributed by atoms with Crippen molar-refractivity contribution in [1.82, 2.24) is 19.5 Å². The van der Waals surface area contributed by atoms with Gasteiger partial charge in [0, 0.05) is 43.6 Å². The van der Waals surface area contributed by atoms with Crippen molar-refractivity contribution in [3.63, 3.8) is 0 Å². The molecule has 0 spiro atoms. The summed E-state index contributed by atoms with van der Waals surface area (Å²) in [5.74, 6) is 1.83. The van der Waals surface area contributed by atoms with Crippen LogP contribution in [0.2, 0.25) is 0 Å². The maximum atomic E-state index is 6.86. The van der Waals surface area contributed by atoms with Crippen LogP contribution >= 0.6 is 0 Å². The summed E-state index contributed by atoms with van der Waals surface area (Å²) in [5, 5.41) is 6.65. The van der Waals surface area contributed by atoms with Crippen molar-refractivity contribution in [1.29, 1.82) is 0 Å². The molecule has 0 unspecified atom stereocenters. The van der Waals surface area contributed by atoms with Crippen LogP contribution in [-0.2, 0) is 0 Å². The van der Waals surface area contributed by atoms with Gasteiger partial charge in [0.15, 0.2) is 17.5 Å². The molecule has 0 aliphatic heterocycles. The van der Waals surface area contributed by atoms with E-state index in [-0.39, 0.29) is 0 Å². The Bertz CT molecular complexity index is 4250. The summed E-state index contributed by atoms with van der Waals surface area (Å²) in [6, 6.07) is 80.4. The molecular formula is C63H38N4O2. The van der Waals surface area contributed by atoms with Gasteiger partial charge in [-0.15, -0.1) is 0 Å². The Morgan fingerprint density at radius 1 is 0.275 bits per heavy atom. The SMILES string of the molecule is c1ccc(-c2ccc3c(c2)c2ccccc2n3-c2cccc3oc4cc(-c5cc6c(cc5-c5cccc(-c7nc(-c8ccccc8)nc(-c8ccccc8)n7)c5)oc5ccccc56)ccc4c23)cc1. The van der Waals surface area contributed by atoms with Crippen molar-refractivity contribution in [3.8, 4) is 73.2 Å². The van der Waals surface area contributed by atoms with Crippen molar-refractivity contribution in [2.24, 2.45) is 0 Å². The number of furan rings is 2. The number of benzene rings is 10. The van der Waals surface area contributed by atoms with Crippen LogP contribution in [0.5, 0.6) is 0 Å². The van der Waals surface area contributed by atoms with Crippen molar-refractivity contribution in [3.05, 3.63) is 231 Å². The highest BCUT2D eigenvalue weighted by atomic mass is 16.3.